The van der Waals surface area contributed by atoms with Crippen LogP contribution in [-0.2, 0) is 0 Å². The molecule has 0 atom stereocenters. The third kappa shape index (κ3) is 4.77. The van der Waals surface area contributed by atoms with Gasteiger partial charge in [-0.3, -0.25) is 15.0 Å². The van der Waals surface area contributed by atoms with Crippen molar-refractivity contribution in [1.82, 2.24) is 40.3 Å². The zero-order chi connectivity index (χ0) is 26.2. The predicted molar refractivity (Wildman–Crippen MR) is 149 cm³/mol. The lowest BCUT2D eigenvalue weighted by atomic mass is 10.1. The summed E-state index contributed by atoms with van der Waals surface area (Å²) >= 11 is 0. The number of nitrogens with one attached hydrogen (secondary N) is 3. The van der Waals surface area contributed by atoms with Gasteiger partial charge in [0.2, 0.25) is 0 Å². The van der Waals surface area contributed by atoms with Crippen LogP contribution in [0.5, 0.6) is 5.75 Å². The van der Waals surface area contributed by atoms with Gasteiger partial charge in [0, 0.05) is 30.9 Å². The summed E-state index contributed by atoms with van der Waals surface area (Å²) < 4.78 is 20.6. The van der Waals surface area contributed by atoms with E-state index in [1.165, 1.54) is 30.5 Å². The van der Waals surface area contributed by atoms with E-state index >= 15 is 0 Å². The summed E-state index contributed by atoms with van der Waals surface area (Å²) in [4.78, 5) is 20.1. The van der Waals surface area contributed by atoms with Gasteiger partial charge in [0.25, 0.3) is 0 Å². The normalized spacial score (nSPS) is 16.3. The van der Waals surface area contributed by atoms with Gasteiger partial charge in [0.1, 0.15) is 29.2 Å². The number of hydrogen-bond donors (Lipinski definition) is 3. The van der Waals surface area contributed by atoms with Crippen LogP contribution in [0.4, 0.5) is 4.39 Å². The van der Waals surface area contributed by atoms with Crippen molar-refractivity contribution in [2.45, 2.75) is 19.3 Å². The second-order valence-corrected chi connectivity index (χ2v) is 10.1. The maximum absolute atomic E-state index is 14.7. The predicted octanol–water partition coefficient (Wildman–Crippen LogP) is 4.55. The average molecular weight is 525 g/mol. The number of H-pyrrole nitrogens is 2. The molecule has 2 aliphatic rings. The Hall–Kier alpha value is -4.15. The molecule has 1 fully saturated rings. The Morgan fingerprint density at radius 2 is 1.87 bits per heavy atom. The fourth-order valence-corrected chi connectivity index (χ4v) is 5.44. The molecule has 2 aliphatic heterocycles. The summed E-state index contributed by atoms with van der Waals surface area (Å²) in [5, 5.41) is 10.9. The van der Waals surface area contributed by atoms with E-state index in [9.17, 15) is 4.39 Å². The molecule has 7 rings (SSSR count). The highest BCUT2D eigenvalue weighted by Crippen LogP contribution is 2.32. The largest absolute Gasteiger partial charge is 0.492 e. The molecule has 10 heteroatoms. The minimum Gasteiger partial charge on any atom is -0.492 e. The van der Waals surface area contributed by atoms with Gasteiger partial charge >= 0.3 is 0 Å². The van der Waals surface area contributed by atoms with E-state index in [1.54, 1.807) is 6.20 Å². The molecule has 1 aromatic carbocycles. The molecule has 3 N–H and O–H groups in total. The van der Waals surface area contributed by atoms with Crippen LogP contribution in [0.3, 0.4) is 0 Å². The fourth-order valence-electron chi connectivity index (χ4n) is 5.44. The van der Waals surface area contributed by atoms with E-state index in [4.69, 9.17) is 14.7 Å². The summed E-state index contributed by atoms with van der Waals surface area (Å²) in [6.45, 7) is 5.34. The molecule has 6 heterocycles. The van der Waals surface area contributed by atoms with Crippen molar-refractivity contribution in [1.29, 1.82) is 0 Å². The van der Waals surface area contributed by atoms with E-state index < -0.39 is 0 Å². The van der Waals surface area contributed by atoms with Gasteiger partial charge in [-0.25, -0.2) is 14.4 Å². The van der Waals surface area contributed by atoms with E-state index in [1.807, 2.05) is 24.3 Å². The van der Waals surface area contributed by atoms with Crippen LogP contribution < -0.4 is 10.1 Å². The van der Waals surface area contributed by atoms with Gasteiger partial charge in [-0.1, -0.05) is 6.08 Å². The number of aromatic nitrogens is 6. The van der Waals surface area contributed by atoms with Gasteiger partial charge in [0.15, 0.2) is 11.5 Å². The molecule has 0 unspecified atom stereocenters. The molecule has 0 spiro atoms. The number of benzene rings is 1. The molecule has 39 heavy (non-hydrogen) atoms. The third-order valence-electron chi connectivity index (χ3n) is 7.45. The Kier molecular flexibility index (Phi) is 6.26. The van der Waals surface area contributed by atoms with Crippen molar-refractivity contribution < 1.29 is 9.13 Å². The molecule has 0 amide bonds. The van der Waals surface area contributed by atoms with Crippen LogP contribution in [-0.4, -0.2) is 74.4 Å². The lowest BCUT2D eigenvalue weighted by molar-refractivity contribution is 0.237. The molecule has 0 radical (unpaired) electrons. The summed E-state index contributed by atoms with van der Waals surface area (Å²) in [6, 6.07) is 10.6. The molecule has 0 bridgehead atoms. The molecule has 0 saturated carbocycles. The Labute approximate surface area is 224 Å². The van der Waals surface area contributed by atoms with Gasteiger partial charge in [0.05, 0.1) is 22.4 Å². The van der Waals surface area contributed by atoms with E-state index in [2.05, 4.69) is 36.5 Å². The highest BCUT2D eigenvalue weighted by molar-refractivity contribution is 5.95. The quantitative estimate of drug-likeness (QED) is 0.287. The molecule has 9 nitrogen and oxygen atoms in total. The van der Waals surface area contributed by atoms with Crippen molar-refractivity contribution in [3.63, 3.8) is 0 Å². The topological polar surface area (TPSA) is 108 Å². The first-order valence-electron chi connectivity index (χ1n) is 13.5. The maximum Gasteiger partial charge on any atom is 0.161 e. The monoisotopic (exact) mass is 524 g/mol. The molecular weight excluding hydrogens is 495 g/mol. The van der Waals surface area contributed by atoms with Crippen LogP contribution in [0.25, 0.3) is 50.4 Å². The van der Waals surface area contributed by atoms with Crippen LogP contribution in [0.2, 0.25) is 0 Å². The second kappa shape index (κ2) is 10.2. The Bertz CT molecular complexity index is 1680. The maximum atomic E-state index is 14.7. The van der Waals surface area contributed by atoms with E-state index in [0.717, 1.165) is 61.4 Å². The number of rotatable bonds is 7. The molecular formula is C29H29FN8O. The third-order valence-corrected chi connectivity index (χ3v) is 7.45. The van der Waals surface area contributed by atoms with Crippen molar-refractivity contribution in [2.75, 3.05) is 39.3 Å². The summed E-state index contributed by atoms with van der Waals surface area (Å²) in [5.41, 5.74) is 6.99. The van der Waals surface area contributed by atoms with Crippen molar-refractivity contribution in [2.24, 2.45) is 0 Å². The van der Waals surface area contributed by atoms with Crippen LogP contribution in [0, 0.1) is 5.82 Å². The number of ether oxygens (including phenoxy) is 1. The average Bonchev–Trinajstić information content (AvgIpc) is 3.72. The first-order chi connectivity index (χ1) is 19.2. The molecule has 4 aromatic heterocycles. The molecule has 5 aromatic rings. The fraction of sp³-hybridized carbons (Fsp3) is 0.310. The second-order valence-electron chi connectivity index (χ2n) is 10.1. The van der Waals surface area contributed by atoms with Gasteiger partial charge in [-0.15, -0.1) is 0 Å². The number of imidazole rings is 1. The number of halogens is 1. The number of hydrogen-bond acceptors (Lipinski definition) is 7. The molecule has 0 aliphatic carbocycles. The lowest BCUT2D eigenvalue weighted by Gasteiger charge is -2.15. The Morgan fingerprint density at radius 3 is 2.74 bits per heavy atom. The summed E-state index contributed by atoms with van der Waals surface area (Å²) in [6.07, 6.45) is 7.27. The van der Waals surface area contributed by atoms with Gasteiger partial charge in [-0.05, 0) is 74.8 Å². The first kappa shape index (κ1) is 23.9. The Morgan fingerprint density at radius 1 is 0.974 bits per heavy atom. The van der Waals surface area contributed by atoms with Crippen molar-refractivity contribution in [3.8, 4) is 28.5 Å². The SMILES string of the molecule is Fc1cc(OCCN2CCCC2)cc(-c2nccc3[nH]c(-c4n[nH]c5ccc(C6=CCNCC6)nc45)nc23)c1. The van der Waals surface area contributed by atoms with Crippen molar-refractivity contribution >= 4 is 27.6 Å². The smallest absolute Gasteiger partial charge is 0.161 e. The zero-order valence-corrected chi connectivity index (χ0v) is 21.5. The van der Waals surface area contributed by atoms with E-state index in [-0.39, 0.29) is 5.82 Å². The van der Waals surface area contributed by atoms with E-state index in [0.29, 0.717) is 40.6 Å². The summed E-state index contributed by atoms with van der Waals surface area (Å²) in [7, 11) is 0. The van der Waals surface area contributed by atoms with Crippen LogP contribution >= 0.6 is 0 Å². The van der Waals surface area contributed by atoms with Gasteiger partial charge < -0.3 is 15.0 Å². The van der Waals surface area contributed by atoms with Crippen LogP contribution in [0.1, 0.15) is 25.0 Å². The molecule has 1 saturated heterocycles. The number of fused-ring (bicyclic) bond motifs is 2. The molecule has 198 valence electrons. The standard InChI is InChI=1S/C29H29FN8O/c30-20-15-19(16-21(17-20)39-14-13-38-11-1-2-12-38)25-26-23(7-10-32-25)34-29(35-26)28-27-24(36-37-28)4-3-22(33-27)18-5-8-31-9-6-18/h3-5,7,10,15-17,31H,1-2,6,8-9,11-14H2,(H,34,35)(H,36,37). The minimum atomic E-state index is -0.375. The lowest BCUT2D eigenvalue weighted by Crippen LogP contribution is -2.25. The zero-order valence-electron chi connectivity index (χ0n) is 21.5. The highest BCUT2D eigenvalue weighted by atomic mass is 19.1. The highest BCUT2D eigenvalue weighted by Gasteiger charge is 2.19. The number of nitrogens with zero attached hydrogens (tertiary/aromatic N) is 5. The number of pyridine rings is 2. The van der Waals surface area contributed by atoms with Crippen molar-refractivity contribution in [3.05, 3.63) is 60.2 Å². The number of likely N-dealkylation sites (tertiary alicyclic amines) is 1. The first-order valence-corrected chi connectivity index (χ1v) is 13.5. The minimum absolute atomic E-state index is 0.375. The Balaban J connectivity index is 1.22. The number of aromatic amines is 2. The van der Waals surface area contributed by atoms with Crippen LogP contribution in [0.15, 0.2) is 48.7 Å². The summed E-state index contributed by atoms with van der Waals surface area (Å²) in [5.74, 6) is 0.689. The van der Waals surface area contributed by atoms with Gasteiger partial charge in [-0.2, -0.15) is 5.10 Å².